The van der Waals surface area contributed by atoms with Crippen LogP contribution in [0.25, 0.3) is 0 Å². The Kier molecular flexibility index (Phi) is 4.45. The molecule has 0 saturated heterocycles. The number of nitrogens with one attached hydrogen (secondary N) is 1. The largest absolute Gasteiger partial charge is 0.306 e. The molecule has 1 rings (SSSR count). The molecular formula is C11H11ClFN. The minimum absolute atomic E-state index is 0.270. The summed E-state index contributed by atoms with van der Waals surface area (Å²) in [7, 11) is 0. The minimum atomic E-state index is -0.374. The summed E-state index contributed by atoms with van der Waals surface area (Å²) in [5.74, 6) is 5.12. The Morgan fingerprint density at radius 1 is 1.50 bits per heavy atom. The molecule has 14 heavy (non-hydrogen) atoms. The highest BCUT2D eigenvalue weighted by Crippen LogP contribution is 2.17. The van der Waals surface area contributed by atoms with E-state index >= 15 is 0 Å². The van der Waals surface area contributed by atoms with Crippen molar-refractivity contribution in [2.24, 2.45) is 0 Å². The van der Waals surface area contributed by atoms with Crippen LogP contribution >= 0.6 is 11.6 Å². The highest BCUT2D eigenvalue weighted by atomic mass is 35.5. The molecule has 1 aromatic carbocycles. The molecule has 3 heteroatoms. The van der Waals surface area contributed by atoms with Crippen molar-refractivity contribution < 1.29 is 4.39 Å². The van der Waals surface area contributed by atoms with Crippen LogP contribution in [0, 0.1) is 17.7 Å². The van der Waals surface area contributed by atoms with Gasteiger partial charge in [0.1, 0.15) is 5.82 Å². The molecule has 0 aliphatic heterocycles. The summed E-state index contributed by atoms with van der Waals surface area (Å²) < 4.78 is 13.2. The first-order chi connectivity index (χ1) is 6.75. The van der Waals surface area contributed by atoms with Crippen molar-refractivity contribution in [3.05, 3.63) is 34.6 Å². The average molecular weight is 212 g/mol. The topological polar surface area (TPSA) is 12.0 Å². The number of halogens is 2. The first-order valence-electron chi connectivity index (χ1n) is 4.39. The van der Waals surface area contributed by atoms with Crippen molar-refractivity contribution in [2.75, 3.05) is 13.1 Å². The predicted octanol–water partition coefficient (Wildman–Crippen LogP) is 2.44. The van der Waals surface area contributed by atoms with E-state index < -0.39 is 0 Å². The molecule has 0 spiro atoms. The summed E-state index contributed by atoms with van der Waals surface area (Å²) in [6.45, 7) is 3.37. The number of hydrogen-bond acceptors (Lipinski definition) is 1. The summed E-state index contributed by atoms with van der Waals surface area (Å²) >= 11 is 5.78. The van der Waals surface area contributed by atoms with Crippen molar-refractivity contribution in [2.45, 2.75) is 6.92 Å². The standard InChI is InChI=1S/C11H11ClFN/c1-2-14-8-4-5-9-10(12)6-3-7-11(9)13/h3,6-7,14H,2,8H2,1H3. The molecule has 1 N–H and O–H groups in total. The van der Waals surface area contributed by atoms with E-state index in [1.165, 1.54) is 6.07 Å². The minimum Gasteiger partial charge on any atom is -0.306 e. The van der Waals surface area contributed by atoms with Gasteiger partial charge in [-0.25, -0.2) is 4.39 Å². The lowest BCUT2D eigenvalue weighted by Gasteiger charge is -1.96. The smallest absolute Gasteiger partial charge is 0.140 e. The van der Waals surface area contributed by atoms with Gasteiger partial charge in [0, 0.05) is 0 Å². The van der Waals surface area contributed by atoms with Crippen LogP contribution in [-0.4, -0.2) is 13.1 Å². The van der Waals surface area contributed by atoms with E-state index in [2.05, 4.69) is 17.2 Å². The normalized spacial score (nSPS) is 9.36. The molecule has 0 aliphatic carbocycles. The Balaban J connectivity index is 2.78. The third kappa shape index (κ3) is 3.02. The van der Waals surface area contributed by atoms with Gasteiger partial charge in [-0.15, -0.1) is 0 Å². The van der Waals surface area contributed by atoms with E-state index in [4.69, 9.17) is 11.6 Å². The molecule has 74 valence electrons. The average Bonchev–Trinajstić information content (AvgIpc) is 2.16. The fourth-order valence-electron chi connectivity index (χ4n) is 0.937. The zero-order valence-electron chi connectivity index (χ0n) is 7.90. The second-order valence-corrected chi connectivity index (χ2v) is 3.09. The maximum absolute atomic E-state index is 13.2. The Morgan fingerprint density at radius 2 is 2.29 bits per heavy atom. The van der Waals surface area contributed by atoms with E-state index in [1.807, 2.05) is 6.92 Å². The molecule has 0 amide bonds. The molecule has 0 unspecified atom stereocenters. The SMILES string of the molecule is CCNCC#Cc1c(F)cccc1Cl. The number of hydrogen-bond donors (Lipinski definition) is 1. The third-order valence-corrected chi connectivity index (χ3v) is 1.95. The molecule has 0 aromatic heterocycles. The molecule has 0 radical (unpaired) electrons. The molecule has 0 aliphatic rings. The summed E-state index contributed by atoms with van der Waals surface area (Å²) in [6.07, 6.45) is 0. The van der Waals surface area contributed by atoms with Gasteiger partial charge < -0.3 is 5.32 Å². The molecule has 0 atom stereocenters. The fraction of sp³-hybridized carbons (Fsp3) is 0.273. The lowest BCUT2D eigenvalue weighted by molar-refractivity contribution is 0.624. The first kappa shape index (κ1) is 11.0. The first-order valence-corrected chi connectivity index (χ1v) is 4.77. The summed E-state index contributed by atoms with van der Waals surface area (Å²) in [6, 6.07) is 4.54. The van der Waals surface area contributed by atoms with Crippen molar-refractivity contribution in [1.29, 1.82) is 0 Å². The van der Waals surface area contributed by atoms with Gasteiger partial charge in [-0.05, 0) is 18.7 Å². The molecule has 1 nitrogen and oxygen atoms in total. The third-order valence-electron chi connectivity index (χ3n) is 1.64. The lowest BCUT2D eigenvalue weighted by atomic mass is 10.2. The van der Waals surface area contributed by atoms with E-state index in [0.29, 0.717) is 11.6 Å². The van der Waals surface area contributed by atoms with Gasteiger partial charge in [0.15, 0.2) is 0 Å². The second-order valence-electron chi connectivity index (χ2n) is 2.68. The van der Waals surface area contributed by atoms with Crippen molar-refractivity contribution in [3.8, 4) is 11.8 Å². The Morgan fingerprint density at radius 3 is 2.93 bits per heavy atom. The van der Waals surface area contributed by atoms with Crippen molar-refractivity contribution in [1.82, 2.24) is 5.32 Å². The molecule has 0 saturated carbocycles. The van der Waals surface area contributed by atoms with Crippen LogP contribution in [-0.2, 0) is 0 Å². The fourth-order valence-corrected chi connectivity index (χ4v) is 1.15. The summed E-state index contributed by atoms with van der Waals surface area (Å²) in [5.41, 5.74) is 0.270. The monoisotopic (exact) mass is 211 g/mol. The zero-order chi connectivity index (χ0) is 10.4. The van der Waals surface area contributed by atoms with Crippen LogP contribution in [0.5, 0.6) is 0 Å². The Labute approximate surface area is 88.3 Å². The molecular weight excluding hydrogens is 201 g/mol. The number of benzene rings is 1. The maximum atomic E-state index is 13.2. The lowest BCUT2D eigenvalue weighted by Crippen LogP contribution is -2.11. The molecule has 0 fully saturated rings. The second kappa shape index (κ2) is 5.64. The zero-order valence-corrected chi connectivity index (χ0v) is 8.66. The molecule has 1 aromatic rings. The van der Waals surface area contributed by atoms with E-state index in [1.54, 1.807) is 12.1 Å². The summed E-state index contributed by atoms with van der Waals surface area (Å²) in [4.78, 5) is 0. The van der Waals surface area contributed by atoms with E-state index in [-0.39, 0.29) is 11.4 Å². The predicted molar refractivity (Wildman–Crippen MR) is 56.8 cm³/mol. The van der Waals surface area contributed by atoms with Crippen LogP contribution in [0.15, 0.2) is 18.2 Å². The maximum Gasteiger partial charge on any atom is 0.140 e. The quantitative estimate of drug-likeness (QED) is 0.585. The highest BCUT2D eigenvalue weighted by molar-refractivity contribution is 6.31. The summed E-state index contributed by atoms with van der Waals surface area (Å²) in [5, 5.41) is 3.37. The van der Waals surface area contributed by atoms with Gasteiger partial charge in [-0.1, -0.05) is 36.4 Å². The van der Waals surface area contributed by atoms with Gasteiger partial charge in [0.05, 0.1) is 17.1 Å². The van der Waals surface area contributed by atoms with Gasteiger partial charge in [0.2, 0.25) is 0 Å². The Hall–Kier alpha value is -1.04. The number of rotatable bonds is 2. The van der Waals surface area contributed by atoms with E-state index in [9.17, 15) is 4.39 Å². The van der Waals surface area contributed by atoms with Crippen LogP contribution in [0.2, 0.25) is 5.02 Å². The van der Waals surface area contributed by atoms with Crippen LogP contribution < -0.4 is 5.32 Å². The van der Waals surface area contributed by atoms with E-state index in [0.717, 1.165) is 6.54 Å². The van der Waals surface area contributed by atoms with Crippen LogP contribution in [0.4, 0.5) is 4.39 Å². The van der Waals surface area contributed by atoms with Gasteiger partial charge in [-0.3, -0.25) is 0 Å². The van der Waals surface area contributed by atoms with Crippen molar-refractivity contribution >= 4 is 11.6 Å². The van der Waals surface area contributed by atoms with Gasteiger partial charge in [0.25, 0.3) is 0 Å². The van der Waals surface area contributed by atoms with Crippen LogP contribution in [0.3, 0.4) is 0 Å². The Bertz CT molecular complexity index is 345. The van der Waals surface area contributed by atoms with Crippen LogP contribution in [0.1, 0.15) is 12.5 Å². The van der Waals surface area contributed by atoms with Gasteiger partial charge in [-0.2, -0.15) is 0 Å². The highest BCUT2D eigenvalue weighted by Gasteiger charge is 2.01. The molecule has 0 heterocycles. The van der Waals surface area contributed by atoms with Crippen molar-refractivity contribution in [3.63, 3.8) is 0 Å². The molecule has 0 bridgehead atoms. The van der Waals surface area contributed by atoms with Gasteiger partial charge >= 0.3 is 0 Å².